The first kappa shape index (κ1) is 25.5. The van der Waals surface area contributed by atoms with E-state index in [1.165, 1.54) is 24.2 Å². The Kier molecular flexibility index (Phi) is 7.70. The lowest BCUT2D eigenvalue weighted by molar-refractivity contribution is -0.186. The summed E-state index contributed by atoms with van der Waals surface area (Å²) >= 11 is 7.24. The fourth-order valence-corrected chi connectivity index (χ4v) is 5.40. The highest BCUT2D eigenvalue weighted by molar-refractivity contribution is 8.00. The molecule has 2 heterocycles. The molecule has 0 aliphatic carbocycles. The van der Waals surface area contributed by atoms with Crippen LogP contribution < -0.4 is 0 Å². The minimum absolute atomic E-state index is 0.0495. The molecule has 2 N–H and O–H groups in total. The molecule has 35 heavy (non-hydrogen) atoms. The standard InChI is InChI=1S/C23H19ClF3N3O4S/c1-28-16-4-3-13(24)7-18(16)35-23-22(33-2)20(21(32)17(10-31)34-23)30-9-12(8-29-30)11-5-14(25)19(27)15(26)6-11/h3-9,17,20-23,31-32H,10H2,2H3/t17?,20-,21-,22?,23+/m0/s1. The molecule has 7 nitrogen and oxygen atoms in total. The van der Waals surface area contributed by atoms with Crippen molar-refractivity contribution in [3.05, 3.63) is 76.6 Å². The second-order valence-electron chi connectivity index (χ2n) is 7.71. The summed E-state index contributed by atoms with van der Waals surface area (Å²) in [5.41, 5.74) is -0.139. The van der Waals surface area contributed by atoms with E-state index in [9.17, 15) is 23.4 Å². The summed E-state index contributed by atoms with van der Waals surface area (Å²) in [4.78, 5) is 4.00. The average molecular weight is 526 g/mol. The fourth-order valence-electron chi connectivity index (χ4n) is 3.88. The number of halogens is 4. The van der Waals surface area contributed by atoms with Crippen LogP contribution in [0.5, 0.6) is 0 Å². The van der Waals surface area contributed by atoms with Crippen LogP contribution in [0.25, 0.3) is 16.0 Å². The van der Waals surface area contributed by atoms with Crippen molar-refractivity contribution >= 4 is 29.1 Å². The molecule has 5 atom stereocenters. The number of aliphatic hydroxyl groups excluding tert-OH is 2. The van der Waals surface area contributed by atoms with Gasteiger partial charge < -0.3 is 19.7 Å². The Morgan fingerprint density at radius 3 is 2.57 bits per heavy atom. The molecule has 0 bridgehead atoms. The number of ether oxygens (including phenoxy) is 2. The van der Waals surface area contributed by atoms with Gasteiger partial charge in [-0.2, -0.15) is 5.10 Å². The Hall–Kier alpha value is -2.59. The van der Waals surface area contributed by atoms with Gasteiger partial charge in [0.05, 0.1) is 19.4 Å². The Morgan fingerprint density at radius 2 is 1.94 bits per heavy atom. The molecule has 0 spiro atoms. The van der Waals surface area contributed by atoms with Gasteiger partial charge in [-0.25, -0.2) is 18.0 Å². The molecule has 1 saturated heterocycles. The van der Waals surface area contributed by atoms with Crippen LogP contribution in [0.4, 0.5) is 18.9 Å². The minimum Gasteiger partial charge on any atom is -0.394 e. The van der Waals surface area contributed by atoms with Gasteiger partial charge in [-0.15, -0.1) is 11.8 Å². The predicted octanol–water partition coefficient (Wildman–Crippen LogP) is 4.60. The fraction of sp³-hybridized carbons (Fsp3) is 0.304. The zero-order valence-electron chi connectivity index (χ0n) is 18.1. The number of benzene rings is 2. The van der Waals surface area contributed by atoms with E-state index in [2.05, 4.69) is 9.94 Å². The van der Waals surface area contributed by atoms with Crippen LogP contribution in [-0.2, 0) is 9.47 Å². The van der Waals surface area contributed by atoms with Gasteiger partial charge in [-0.1, -0.05) is 23.7 Å². The number of hydrogen-bond acceptors (Lipinski definition) is 6. The molecule has 184 valence electrons. The second kappa shape index (κ2) is 10.6. The van der Waals surface area contributed by atoms with Crippen molar-refractivity contribution in [3.63, 3.8) is 0 Å². The SMILES string of the molecule is [C-]#[N+]c1ccc(Cl)cc1S[C@H]1OC(CO)[C@H](O)[C@H](n2cc(-c3cc(F)c(F)c(F)c3)cn2)C1OC. The minimum atomic E-state index is -1.58. The lowest BCUT2D eigenvalue weighted by atomic mass is 9.97. The van der Waals surface area contributed by atoms with Crippen LogP contribution in [0.2, 0.25) is 5.02 Å². The molecule has 4 rings (SSSR count). The molecule has 3 aromatic rings. The monoisotopic (exact) mass is 525 g/mol. The van der Waals surface area contributed by atoms with Gasteiger partial charge in [0.2, 0.25) is 5.69 Å². The predicted molar refractivity (Wildman–Crippen MR) is 123 cm³/mol. The Bertz CT molecular complexity index is 1250. The van der Waals surface area contributed by atoms with Gasteiger partial charge in [0.15, 0.2) is 17.5 Å². The zero-order chi connectivity index (χ0) is 25.3. The maximum atomic E-state index is 13.7. The van der Waals surface area contributed by atoms with Crippen molar-refractivity contribution in [2.75, 3.05) is 13.7 Å². The van der Waals surface area contributed by atoms with Gasteiger partial charge in [0.25, 0.3) is 0 Å². The summed E-state index contributed by atoms with van der Waals surface area (Å²) in [6.45, 7) is 6.89. The topological polar surface area (TPSA) is 81.1 Å². The average Bonchev–Trinajstić information content (AvgIpc) is 3.32. The van der Waals surface area contributed by atoms with Crippen LogP contribution in [-0.4, -0.2) is 57.5 Å². The number of methoxy groups -OCH3 is 1. The van der Waals surface area contributed by atoms with E-state index in [0.29, 0.717) is 15.6 Å². The van der Waals surface area contributed by atoms with E-state index in [1.54, 1.807) is 18.2 Å². The van der Waals surface area contributed by atoms with E-state index in [-0.39, 0.29) is 11.1 Å². The molecule has 2 unspecified atom stereocenters. The molecule has 2 aromatic carbocycles. The van der Waals surface area contributed by atoms with Crippen LogP contribution >= 0.6 is 23.4 Å². The third kappa shape index (κ3) is 5.04. The summed E-state index contributed by atoms with van der Waals surface area (Å²) in [5.74, 6) is -4.27. The molecule has 1 aliphatic rings. The maximum Gasteiger partial charge on any atom is 0.200 e. The van der Waals surface area contributed by atoms with Gasteiger partial charge in [-0.05, 0) is 23.8 Å². The molecule has 1 aliphatic heterocycles. The Balaban J connectivity index is 1.70. The highest BCUT2D eigenvalue weighted by Gasteiger charge is 2.47. The van der Waals surface area contributed by atoms with E-state index >= 15 is 0 Å². The van der Waals surface area contributed by atoms with Crippen molar-refractivity contribution in [1.82, 2.24) is 9.78 Å². The first-order chi connectivity index (χ1) is 16.8. The van der Waals surface area contributed by atoms with Crippen molar-refractivity contribution < 1.29 is 32.9 Å². The van der Waals surface area contributed by atoms with Crippen molar-refractivity contribution in [2.24, 2.45) is 0 Å². The normalized spacial score (nSPS) is 24.3. The zero-order valence-corrected chi connectivity index (χ0v) is 19.7. The van der Waals surface area contributed by atoms with Gasteiger partial charge in [-0.3, -0.25) is 4.68 Å². The van der Waals surface area contributed by atoms with Crippen LogP contribution in [0.3, 0.4) is 0 Å². The summed E-state index contributed by atoms with van der Waals surface area (Å²) in [6, 6.07) is 5.56. The number of aliphatic hydroxyl groups is 2. The number of nitrogens with zero attached hydrogens (tertiary/aromatic N) is 3. The lowest BCUT2D eigenvalue weighted by Gasteiger charge is -2.43. The summed E-state index contributed by atoms with van der Waals surface area (Å²) in [7, 11) is 1.41. The number of hydrogen-bond donors (Lipinski definition) is 2. The largest absolute Gasteiger partial charge is 0.394 e. The molecule has 0 amide bonds. The van der Waals surface area contributed by atoms with Gasteiger partial charge in [0, 0.05) is 28.8 Å². The van der Waals surface area contributed by atoms with E-state index in [0.717, 1.165) is 23.9 Å². The van der Waals surface area contributed by atoms with E-state index < -0.39 is 53.8 Å². The molecule has 1 fully saturated rings. The summed E-state index contributed by atoms with van der Waals surface area (Å²) in [6.07, 6.45) is -0.378. The first-order valence-corrected chi connectivity index (χ1v) is 11.5. The molecular formula is C23H19ClF3N3O4S. The van der Waals surface area contributed by atoms with E-state index in [4.69, 9.17) is 27.6 Å². The third-order valence-electron chi connectivity index (χ3n) is 5.61. The number of aromatic nitrogens is 2. The highest BCUT2D eigenvalue weighted by atomic mass is 35.5. The molecule has 0 radical (unpaired) electrons. The molecular weight excluding hydrogens is 507 g/mol. The molecule has 1 aromatic heterocycles. The second-order valence-corrected chi connectivity index (χ2v) is 9.29. The van der Waals surface area contributed by atoms with E-state index in [1.807, 2.05) is 0 Å². The summed E-state index contributed by atoms with van der Waals surface area (Å²) in [5, 5.41) is 25.4. The van der Waals surface area contributed by atoms with Crippen LogP contribution in [0.1, 0.15) is 6.04 Å². The quantitative estimate of drug-likeness (QED) is 0.362. The van der Waals surface area contributed by atoms with Crippen molar-refractivity contribution in [1.29, 1.82) is 0 Å². The third-order valence-corrected chi connectivity index (χ3v) is 7.03. The van der Waals surface area contributed by atoms with Gasteiger partial charge >= 0.3 is 0 Å². The maximum absolute atomic E-state index is 13.7. The first-order valence-electron chi connectivity index (χ1n) is 10.3. The molecule has 12 heteroatoms. The van der Waals surface area contributed by atoms with Crippen LogP contribution in [0.15, 0.2) is 47.6 Å². The lowest BCUT2D eigenvalue weighted by Crippen LogP contribution is -2.55. The summed E-state index contributed by atoms with van der Waals surface area (Å²) < 4.78 is 53.7. The number of rotatable bonds is 6. The van der Waals surface area contributed by atoms with Gasteiger partial charge in [0.1, 0.15) is 29.8 Å². The van der Waals surface area contributed by atoms with Crippen molar-refractivity contribution in [3.8, 4) is 11.1 Å². The van der Waals surface area contributed by atoms with Crippen LogP contribution in [0, 0.1) is 24.0 Å². The Morgan fingerprint density at radius 1 is 1.23 bits per heavy atom. The Labute approximate surface area is 207 Å². The highest BCUT2D eigenvalue weighted by Crippen LogP contribution is 2.43. The molecule has 0 saturated carbocycles. The smallest absolute Gasteiger partial charge is 0.200 e. The van der Waals surface area contributed by atoms with Crippen molar-refractivity contribution in [2.45, 2.75) is 34.7 Å². The number of thioether (sulfide) groups is 1.